The molecule has 0 unspecified atom stereocenters. The number of rotatable bonds is 10. The van der Waals surface area contributed by atoms with Crippen molar-refractivity contribution in [2.45, 2.75) is 20.0 Å². The van der Waals surface area contributed by atoms with Crippen LogP contribution in [0.5, 0.6) is 11.5 Å². The van der Waals surface area contributed by atoms with E-state index in [1.807, 2.05) is 0 Å². The van der Waals surface area contributed by atoms with Gasteiger partial charge in [0.15, 0.2) is 0 Å². The Morgan fingerprint density at radius 1 is 1.13 bits per heavy atom. The zero-order chi connectivity index (χ0) is 23.2. The number of hydrogen-bond donors (Lipinski definition) is 1. The molecule has 0 aliphatic heterocycles. The molecule has 8 nitrogen and oxygen atoms in total. The lowest BCUT2D eigenvalue weighted by Gasteiger charge is -2.18. The molecular formula is C18H19ClF3N2O6P. The first-order valence-electron chi connectivity index (χ1n) is 8.94. The summed E-state index contributed by atoms with van der Waals surface area (Å²) in [4.78, 5) is 10.7. The molecule has 0 amide bonds. The second kappa shape index (κ2) is 10.3. The summed E-state index contributed by atoms with van der Waals surface area (Å²) in [6.07, 6.45) is -4.91. The van der Waals surface area contributed by atoms with Gasteiger partial charge in [0.2, 0.25) is 0 Å². The standard InChI is InChI=1S/C18H19ClF3N2O6P/c1-3-28-31(27,29-4-2)11-23-15-10-13(6-7-16(15)24(25)26)30-17-8-5-12(9-14(17)19)18(20,21)22/h5-10,23H,3-4,11H2,1-2H3. The van der Waals surface area contributed by atoms with Crippen molar-refractivity contribution in [3.8, 4) is 11.5 Å². The van der Waals surface area contributed by atoms with Crippen LogP contribution in [0.2, 0.25) is 5.02 Å². The maximum absolute atomic E-state index is 12.8. The SMILES string of the molecule is CCOP(=O)(CNc1cc(Oc2ccc(C(F)(F)F)cc2Cl)ccc1[N+](=O)[O-])OCC. The average Bonchev–Trinajstić information content (AvgIpc) is 2.67. The third-order valence-electron chi connectivity index (χ3n) is 3.77. The molecule has 31 heavy (non-hydrogen) atoms. The van der Waals surface area contributed by atoms with E-state index in [0.717, 1.165) is 18.2 Å². The van der Waals surface area contributed by atoms with Gasteiger partial charge in [0.25, 0.3) is 5.69 Å². The second-order valence-corrected chi connectivity index (χ2v) is 8.42. The molecule has 170 valence electrons. The molecule has 2 aromatic rings. The van der Waals surface area contributed by atoms with E-state index in [-0.39, 0.29) is 47.4 Å². The molecule has 13 heteroatoms. The number of nitro groups is 1. The van der Waals surface area contributed by atoms with Crippen LogP contribution in [0.25, 0.3) is 0 Å². The number of hydrogen-bond acceptors (Lipinski definition) is 7. The fourth-order valence-corrected chi connectivity index (χ4v) is 4.10. The fraction of sp³-hybridized carbons (Fsp3) is 0.333. The van der Waals surface area contributed by atoms with E-state index >= 15 is 0 Å². The summed E-state index contributed by atoms with van der Waals surface area (Å²) < 4.78 is 66.7. The minimum atomic E-state index is -4.57. The monoisotopic (exact) mass is 482 g/mol. The van der Waals surface area contributed by atoms with Gasteiger partial charge in [0.05, 0.1) is 28.7 Å². The summed E-state index contributed by atoms with van der Waals surface area (Å²) in [5.74, 6) is -0.0267. The van der Waals surface area contributed by atoms with Crippen LogP contribution in [0.1, 0.15) is 19.4 Å². The van der Waals surface area contributed by atoms with Crippen LogP contribution in [0, 0.1) is 10.1 Å². The maximum Gasteiger partial charge on any atom is 0.416 e. The number of ether oxygens (including phenoxy) is 1. The van der Waals surface area contributed by atoms with Crippen LogP contribution in [0.3, 0.4) is 0 Å². The van der Waals surface area contributed by atoms with Gasteiger partial charge in [-0.15, -0.1) is 0 Å². The first-order chi connectivity index (χ1) is 14.5. The number of benzene rings is 2. The van der Waals surface area contributed by atoms with Crippen molar-refractivity contribution in [3.05, 3.63) is 57.1 Å². The van der Waals surface area contributed by atoms with Crippen LogP contribution in [0.4, 0.5) is 24.5 Å². The lowest BCUT2D eigenvalue weighted by molar-refractivity contribution is -0.384. The van der Waals surface area contributed by atoms with Gasteiger partial charge in [-0.2, -0.15) is 13.2 Å². The van der Waals surface area contributed by atoms with E-state index < -0.39 is 24.3 Å². The van der Waals surface area contributed by atoms with E-state index in [9.17, 15) is 27.9 Å². The summed E-state index contributed by atoms with van der Waals surface area (Å²) >= 11 is 5.88. The average molecular weight is 483 g/mol. The Hall–Kier alpha value is -2.33. The van der Waals surface area contributed by atoms with Gasteiger partial charge in [0.1, 0.15) is 23.5 Å². The van der Waals surface area contributed by atoms with Gasteiger partial charge in [-0.1, -0.05) is 11.6 Å². The largest absolute Gasteiger partial charge is 0.456 e. The fourth-order valence-electron chi connectivity index (χ4n) is 2.47. The number of nitrogens with zero attached hydrogens (tertiary/aromatic N) is 1. The molecular weight excluding hydrogens is 464 g/mol. The van der Waals surface area contributed by atoms with Gasteiger partial charge in [-0.3, -0.25) is 14.7 Å². The molecule has 0 saturated carbocycles. The van der Waals surface area contributed by atoms with Crippen LogP contribution < -0.4 is 10.1 Å². The first-order valence-corrected chi connectivity index (χ1v) is 11.0. The molecule has 0 fully saturated rings. The third kappa shape index (κ3) is 6.83. The van der Waals surface area contributed by atoms with Gasteiger partial charge >= 0.3 is 13.8 Å². The molecule has 0 radical (unpaired) electrons. The molecule has 0 spiro atoms. The number of anilines is 1. The van der Waals surface area contributed by atoms with E-state index in [0.29, 0.717) is 6.07 Å². The van der Waals surface area contributed by atoms with Crippen molar-refractivity contribution in [1.29, 1.82) is 0 Å². The molecule has 0 aliphatic rings. The van der Waals surface area contributed by atoms with Gasteiger partial charge < -0.3 is 19.1 Å². The number of nitro benzene ring substituents is 1. The van der Waals surface area contributed by atoms with Gasteiger partial charge in [-0.25, -0.2) is 0 Å². The Labute approximate surface area is 180 Å². The minimum Gasteiger partial charge on any atom is -0.456 e. The Kier molecular flexibility index (Phi) is 8.30. The van der Waals surface area contributed by atoms with E-state index in [2.05, 4.69) is 5.32 Å². The van der Waals surface area contributed by atoms with E-state index in [1.54, 1.807) is 13.8 Å². The number of nitrogens with one attached hydrogen (secondary N) is 1. The topological polar surface area (TPSA) is 99.9 Å². The molecule has 0 aliphatic carbocycles. The number of halogens is 4. The summed E-state index contributed by atoms with van der Waals surface area (Å²) in [5.41, 5.74) is -1.34. The molecule has 0 bridgehead atoms. The minimum absolute atomic E-state index is 0.0508. The maximum atomic E-state index is 12.8. The molecule has 2 aromatic carbocycles. The second-order valence-electron chi connectivity index (χ2n) is 5.96. The quantitative estimate of drug-likeness (QED) is 0.228. The van der Waals surface area contributed by atoms with Gasteiger partial charge in [0, 0.05) is 12.1 Å². The highest BCUT2D eigenvalue weighted by atomic mass is 35.5. The Bertz CT molecular complexity index is 979. The number of alkyl halides is 3. The summed E-state index contributed by atoms with van der Waals surface area (Å²) in [6.45, 7) is 3.46. The zero-order valence-electron chi connectivity index (χ0n) is 16.4. The van der Waals surface area contributed by atoms with Crippen molar-refractivity contribution in [3.63, 3.8) is 0 Å². The first kappa shape index (κ1) is 24.9. The van der Waals surface area contributed by atoms with Crippen LogP contribution >= 0.6 is 19.2 Å². The zero-order valence-corrected chi connectivity index (χ0v) is 18.1. The predicted octanol–water partition coefficient (Wildman–Crippen LogP) is 6.69. The highest BCUT2D eigenvalue weighted by molar-refractivity contribution is 7.53. The predicted molar refractivity (Wildman–Crippen MR) is 109 cm³/mol. The molecule has 2 rings (SSSR count). The van der Waals surface area contributed by atoms with Gasteiger partial charge in [-0.05, 0) is 38.1 Å². The highest BCUT2D eigenvalue weighted by Crippen LogP contribution is 2.48. The normalized spacial score (nSPS) is 11.9. The van der Waals surface area contributed by atoms with E-state index in [1.165, 1.54) is 12.1 Å². The molecule has 0 atom stereocenters. The summed E-state index contributed by atoms with van der Waals surface area (Å²) in [6, 6.07) is 6.16. The molecule has 0 heterocycles. The van der Waals surface area contributed by atoms with E-state index in [4.69, 9.17) is 25.4 Å². The Morgan fingerprint density at radius 3 is 2.29 bits per heavy atom. The van der Waals surface area contributed by atoms with Crippen molar-refractivity contribution < 1.29 is 36.4 Å². The van der Waals surface area contributed by atoms with Crippen LogP contribution in [0.15, 0.2) is 36.4 Å². The van der Waals surface area contributed by atoms with Crippen molar-refractivity contribution >= 4 is 30.6 Å². The summed E-state index contributed by atoms with van der Waals surface area (Å²) in [7, 11) is -3.55. The Morgan fingerprint density at radius 2 is 1.77 bits per heavy atom. The third-order valence-corrected chi connectivity index (χ3v) is 5.91. The van der Waals surface area contributed by atoms with Crippen LogP contribution in [-0.2, 0) is 19.8 Å². The highest BCUT2D eigenvalue weighted by Gasteiger charge is 2.31. The summed E-state index contributed by atoms with van der Waals surface area (Å²) in [5, 5.41) is 13.7. The van der Waals surface area contributed by atoms with Crippen molar-refractivity contribution in [2.24, 2.45) is 0 Å². The Balaban J connectivity index is 2.29. The lowest BCUT2D eigenvalue weighted by atomic mass is 10.2. The molecule has 1 N–H and O–H groups in total. The molecule has 0 saturated heterocycles. The van der Waals surface area contributed by atoms with Crippen molar-refractivity contribution in [1.82, 2.24) is 0 Å². The van der Waals surface area contributed by atoms with Crippen molar-refractivity contribution in [2.75, 3.05) is 24.8 Å². The molecule has 0 aromatic heterocycles. The lowest BCUT2D eigenvalue weighted by Crippen LogP contribution is -2.09. The van der Waals surface area contributed by atoms with Crippen LogP contribution in [-0.4, -0.2) is 24.4 Å². The smallest absolute Gasteiger partial charge is 0.416 e.